The monoisotopic (exact) mass is 467 g/mol. The van der Waals surface area contributed by atoms with Gasteiger partial charge in [-0.3, -0.25) is 14.2 Å². The summed E-state index contributed by atoms with van der Waals surface area (Å²) in [6.07, 6.45) is 3.39. The predicted octanol–water partition coefficient (Wildman–Crippen LogP) is 4.17. The molecule has 1 saturated heterocycles. The zero-order chi connectivity index (χ0) is 22.9. The molecule has 172 valence electrons. The van der Waals surface area contributed by atoms with Crippen molar-refractivity contribution in [2.45, 2.75) is 56.5 Å². The van der Waals surface area contributed by atoms with Crippen molar-refractivity contribution >= 4 is 34.3 Å². The fourth-order valence-corrected chi connectivity index (χ4v) is 5.57. The summed E-state index contributed by atoms with van der Waals surface area (Å²) < 4.78 is 21.1. The van der Waals surface area contributed by atoms with Crippen LogP contribution in [0.1, 0.15) is 31.7 Å². The van der Waals surface area contributed by atoms with Crippen LogP contribution in [0.5, 0.6) is 0 Å². The minimum Gasteiger partial charge on any atom is -0.376 e. The summed E-state index contributed by atoms with van der Waals surface area (Å²) in [5.41, 5.74) is 2.13. The van der Waals surface area contributed by atoms with E-state index in [1.807, 2.05) is 25.1 Å². The first-order valence-electron chi connectivity index (χ1n) is 11.4. The highest BCUT2D eigenvalue weighted by atomic mass is 32.2. The van der Waals surface area contributed by atoms with Gasteiger partial charge in [0.25, 0.3) is 5.56 Å². The number of para-hydroxylation sites is 1. The number of anilines is 1. The predicted molar refractivity (Wildman–Crippen MR) is 127 cm³/mol. The van der Waals surface area contributed by atoms with E-state index >= 15 is 0 Å². The Morgan fingerprint density at radius 2 is 2.09 bits per heavy atom. The van der Waals surface area contributed by atoms with E-state index in [9.17, 15) is 14.0 Å². The van der Waals surface area contributed by atoms with Crippen LogP contribution in [0.15, 0.2) is 52.4 Å². The van der Waals surface area contributed by atoms with Crippen LogP contribution in [0.25, 0.3) is 10.9 Å². The molecule has 1 fully saturated rings. The Morgan fingerprint density at radius 3 is 2.91 bits per heavy atom. The molecule has 2 aliphatic heterocycles. The molecule has 0 N–H and O–H groups in total. The number of hydrogen-bond acceptors (Lipinski definition) is 5. The molecule has 5 rings (SSSR count). The molecule has 2 atom stereocenters. The van der Waals surface area contributed by atoms with E-state index < -0.39 is 0 Å². The largest absolute Gasteiger partial charge is 0.376 e. The van der Waals surface area contributed by atoms with Gasteiger partial charge in [-0.15, -0.1) is 0 Å². The number of halogens is 1. The molecule has 3 heterocycles. The lowest BCUT2D eigenvalue weighted by molar-refractivity contribution is -0.116. The van der Waals surface area contributed by atoms with E-state index in [2.05, 4.69) is 0 Å². The van der Waals surface area contributed by atoms with Crippen molar-refractivity contribution in [3.63, 3.8) is 0 Å². The van der Waals surface area contributed by atoms with Crippen LogP contribution in [0.2, 0.25) is 0 Å². The summed E-state index contributed by atoms with van der Waals surface area (Å²) in [7, 11) is 0. The zero-order valence-electron chi connectivity index (χ0n) is 18.5. The minimum atomic E-state index is -0.288. The van der Waals surface area contributed by atoms with E-state index in [1.165, 1.54) is 23.9 Å². The van der Waals surface area contributed by atoms with Gasteiger partial charge in [-0.2, -0.15) is 0 Å². The molecule has 1 aromatic heterocycles. The minimum absolute atomic E-state index is 0.0229. The van der Waals surface area contributed by atoms with Crippen molar-refractivity contribution in [1.29, 1.82) is 0 Å². The number of fused-ring (bicyclic) bond motifs is 2. The number of carbonyl (C=O) groups excluding carboxylic acids is 1. The number of hydrogen-bond donors (Lipinski definition) is 0. The number of rotatable bonds is 5. The maximum Gasteiger partial charge on any atom is 0.262 e. The van der Waals surface area contributed by atoms with Gasteiger partial charge in [-0.1, -0.05) is 23.9 Å². The molecular formula is C25H26FN3O3S. The topological polar surface area (TPSA) is 64.4 Å². The Hall–Kier alpha value is -2.71. The van der Waals surface area contributed by atoms with Crippen LogP contribution in [0.4, 0.5) is 10.1 Å². The highest BCUT2D eigenvalue weighted by Gasteiger charge is 2.29. The van der Waals surface area contributed by atoms with E-state index in [1.54, 1.807) is 21.6 Å². The number of amides is 1. The molecule has 0 saturated carbocycles. The normalized spacial score (nSPS) is 20.2. The standard InChI is InChI=1S/C25H26FN3O3S/c1-16-8-9-17-13-18(26)10-11-22(17)29(16)23(30)15-33-25-27-21-7-3-2-6-20(21)24(31)28(25)14-19-5-4-12-32-19/h2-3,6-7,10-11,13,16,19H,4-5,8-9,12,14-15H2,1H3/t16-,19+/m1/s1. The molecule has 2 aromatic carbocycles. The summed E-state index contributed by atoms with van der Waals surface area (Å²) in [5, 5.41) is 1.08. The summed E-state index contributed by atoms with van der Waals surface area (Å²) in [6.45, 7) is 3.14. The average molecular weight is 468 g/mol. The lowest BCUT2D eigenvalue weighted by Gasteiger charge is -2.35. The molecule has 8 heteroatoms. The second-order valence-corrected chi connectivity index (χ2v) is 9.62. The SMILES string of the molecule is C[C@@H]1CCc2cc(F)ccc2N1C(=O)CSc1nc2ccccc2c(=O)n1C[C@@H]1CCCO1. The van der Waals surface area contributed by atoms with E-state index in [0.717, 1.165) is 36.9 Å². The van der Waals surface area contributed by atoms with Gasteiger partial charge in [0.15, 0.2) is 5.16 Å². The van der Waals surface area contributed by atoms with Crippen LogP contribution < -0.4 is 10.5 Å². The number of ether oxygens (including phenoxy) is 1. The fourth-order valence-electron chi connectivity index (χ4n) is 4.71. The second kappa shape index (κ2) is 9.27. The van der Waals surface area contributed by atoms with Gasteiger partial charge in [-0.25, -0.2) is 9.37 Å². The van der Waals surface area contributed by atoms with Crippen LogP contribution in [0.3, 0.4) is 0 Å². The average Bonchev–Trinajstić information content (AvgIpc) is 3.33. The molecule has 33 heavy (non-hydrogen) atoms. The molecule has 2 aliphatic rings. The number of thioether (sulfide) groups is 1. The third kappa shape index (κ3) is 4.42. The molecule has 0 aliphatic carbocycles. The number of aromatic nitrogens is 2. The zero-order valence-corrected chi connectivity index (χ0v) is 19.3. The van der Waals surface area contributed by atoms with E-state index in [-0.39, 0.29) is 35.2 Å². The molecule has 0 unspecified atom stereocenters. The Morgan fingerprint density at radius 1 is 1.24 bits per heavy atom. The Kier molecular flexibility index (Phi) is 6.21. The van der Waals surface area contributed by atoms with Gasteiger partial charge in [0.05, 0.1) is 29.3 Å². The van der Waals surface area contributed by atoms with Gasteiger partial charge in [0.1, 0.15) is 5.82 Å². The van der Waals surface area contributed by atoms with Gasteiger partial charge < -0.3 is 9.64 Å². The van der Waals surface area contributed by atoms with Crippen molar-refractivity contribution in [2.75, 3.05) is 17.3 Å². The summed E-state index contributed by atoms with van der Waals surface area (Å²) in [5.74, 6) is -0.230. The molecule has 1 amide bonds. The first-order valence-corrected chi connectivity index (χ1v) is 12.3. The number of carbonyl (C=O) groups is 1. The highest BCUT2D eigenvalue weighted by molar-refractivity contribution is 7.99. The van der Waals surface area contributed by atoms with Crippen molar-refractivity contribution in [3.8, 4) is 0 Å². The highest BCUT2D eigenvalue weighted by Crippen LogP contribution is 2.32. The smallest absolute Gasteiger partial charge is 0.262 e. The lowest BCUT2D eigenvalue weighted by atomic mass is 9.96. The second-order valence-electron chi connectivity index (χ2n) is 8.68. The summed E-state index contributed by atoms with van der Waals surface area (Å²) in [4.78, 5) is 33.0. The Balaban J connectivity index is 1.43. The molecule has 3 aromatic rings. The third-order valence-corrected chi connectivity index (χ3v) is 7.36. The lowest BCUT2D eigenvalue weighted by Crippen LogP contribution is -2.43. The molecular weight excluding hydrogens is 441 g/mol. The maximum atomic E-state index is 13.7. The van der Waals surface area contributed by atoms with Gasteiger partial charge in [0.2, 0.25) is 5.91 Å². The van der Waals surface area contributed by atoms with Crippen LogP contribution in [0, 0.1) is 5.82 Å². The molecule has 0 radical (unpaired) electrons. The molecule has 0 bridgehead atoms. The van der Waals surface area contributed by atoms with Crippen molar-refractivity contribution in [2.24, 2.45) is 0 Å². The summed E-state index contributed by atoms with van der Waals surface area (Å²) in [6, 6.07) is 11.9. The van der Waals surface area contributed by atoms with Gasteiger partial charge in [0, 0.05) is 18.3 Å². The number of aryl methyl sites for hydroxylation is 1. The van der Waals surface area contributed by atoms with Crippen molar-refractivity contribution in [1.82, 2.24) is 9.55 Å². The van der Waals surface area contributed by atoms with Crippen LogP contribution in [-0.2, 0) is 22.5 Å². The first-order chi connectivity index (χ1) is 16.0. The Bertz CT molecular complexity index is 1260. The number of benzene rings is 2. The van der Waals surface area contributed by atoms with Gasteiger partial charge >= 0.3 is 0 Å². The quantitative estimate of drug-likeness (QED) is 0.416. The molecule has 6 nitrogen and oxygen atoms in total. The third-order valence-electron chi connectivity index (χ3n) is 6.40. The van der Waals surface area contributed by atoms with Crippen LogP contribution in [-0.4, -0.2) is 40.0 Å². The van der Waals surface area contributed by atoms with Gasteiger partial charge in [-0.05, 0) is 68.5 Å². The molecule has 0 spiro atoms. The van der Waals surface area contributed by atoms with E-state index in [4.69, 9.17) is 9.72 Å². The summed E-state index contributed by atoms with van der Waals surface area (Å²) >= 11 is 1.27. The maximum absolute atomic E-state index is 13.7. The number of nitrogens with zero attached hydrogens (tertiary/aromatic N) is 3. The van der Waals surface area contributed by atoms with Crippen molar-refractivity contribution < 1.29 is 13.9 Å². The fraction of sp³-hybridized carbons (Fsp3) is 0.400. The van der Waals surface area contributed by atoms with Crippen LogP contribution >= 0.6 is 11.8 Å². The van der Waals surface area contributed by atoms with E-state index in [0.29, 0.717) is 29.2 Å². The Labute approximate surface area is 195 Å². The first kappa shape index (κ1) is 22.1. The van der Waals surface area contributed by atoms with Crippen molar-refractivity contribution in [3.05, 3.63) is 64.2 Å².